The molecule has 0 aliphatic rings. The van der Waals surface area contributed by atoms with Crippen molar-refractivity contribution in [3.8, 4) is 11.5 Å². The Morgan fingerprint density at radius 1 is 0.879 bits per heavy atom. The number of amides is 2. The van der Waals surface area contributed by atoms with Gasteiger partial charge in [-0.1, -0.05) is 30.3 Å². The predicted octanol–water partition coefficient (Wildman–Crippen LogP) is 3.19. The maximum Gasteiger partial charge on any atom is 0.315 e. The zero-order valence-corrected chi connectivity index (χ0v) is 19.1. The molecule has 0 radical (unpaired) electrons. The Morgan fingerprint density at radius 3 is 1.97 bits per heavy atom. The summed E-state index contributed by atoms with van der Waals surface area (Å²) in [5, 5.41) is 17.0. The van der Waals surface area contributed by atoms with Crippen molar-refractivity contribution < 1.29 is 24.0 Å². The van der Waals surface area contributed by atoms with Crippen molar-refractivity contribution in [1.82, 2.24) is 10.6 Å². The number of unbranched alkanes of at least 4 members (excludes halogenated alkanes) is 1. The summed E-state index contributed by atoms with van der Waals surface area (Å²) >= 11 is 0. The number of methoxy groups -OCH3 is 2. The van der Waals surface area contributed by atoms with Crippen LogP contribution >= 0.6 is 0 Å². The molecule has 0 saturated heterocycles. The molecule has 2 amide bonds. The minimum Gasteiger partial charge on any atom is -0.493 e. The molecule has 2 rings (SSSR count). The van der Waals surface area contributed by atoms with Gasteiger partial charge >= 0.3 is 5.69 Å². The number of hydrogen-bond donors (Lipinski definition) is 2. The second kappa shape index (κ2) is 13.7. The van der Waals surface area contributed by atoms with E-state index in [1.54, 1.807) is 6.07 Å². The number of rotatable bonds is 14. The fourth-order valence-electron chi connectivity index (χ4n) is 3.36. The molecule has 0 fully saturated rings. The molecular weight excluding hydrogens is 426 g/mol. The molecule has 0 aliphatic heterocycles. The lowest BCUT2D eigenvalue weighted by molar-refractivity contribution is -0.385. The summed E-state index contributed by atoms with van der Waals surface area (Å²) in [5.41, 5.74) is 1.66. The molecule has 2 aromatic carbocycles. The van der Waals surface area contributed by atoms with E-state index < -0.39 is 4.92 Å². The third kappa shape index (κ3) is 8.80. The first-order valence-electron chi connectivity index (χ1n) is 10.9. The molecule has 2 aromatic rings. The van der Waals surface area contributed by atoms with Crippen LogP contribution in [0.15, 0.2) is 42.5 Å². The molecule has 178 valence electrons. The van der Waals surface area contributed by atoms with Crippen LogP contribution in [0.4, 0.5) is 5.69 Å². The molecule has 2 N–H and O–H groups in total. The molecule has 0 spiro atoms. The molecule has 0 unspecified atom stereocenters. The van der Waals surface area contributed by atoms with Gasteiger partial charge in [-0.3, -0.25) is 19.7 Å². The first-order chi connectivity index (χ1) is 15.9. The largest absolute Gasteiger partial charge is 0.493 e. The van der Waals surface area contributed by atoms with Gasteiger partial charge in [0.1, 0.15) is 0 Å². The minimum absolute atomic E-state index is 0.0126. The standard InChI is InChI=1S/C24H31N3O6/c1-32-21-17-19(16-20(27(30)31)24(21)33-2)13-15-26-23(29)11-7-6-10-22(28)25-14-12-18-8-4-3-5-9-18/h3-5,8-9,16-17H,6-7,10-15H2,1-2H3,(H,25,28)(H,26,29). The molecule has 0 heterocycles. The molecule has 9 nitrogen and oxygen atoms in total. The first kappa shape index (κ1) is 25.6. The third-order valence-corrected chi connectivity index (χ3v) is 5.09. The number of benzene rings is 2. The van der Waals surface area contributed by atoms with Crippen LogP contribution in [0.25, 0.3) is 0 Å². The highest BCUT2D eigenvalue weighted by Crippen LogP contribution is 2.37. The molecular formula is C24H31N3O6. The van der Waals surface area contributed by atoms with Gasteiger partial charge in [0, 0.05) is 32.0 Å². The third-order valence-electron chi connectivity index (χ3n) is 5.09. The summed E-state index contributed by atoms with van der Waals surface area (Å²) in [6, 6.07) is 13.0. The Kier molecular flexibility index (Phi) is 10.7. The van der Waals surface area contributed by atoms with E-state index in [-0.39, 0.29) is 29.0 Å². The second-order valence-corrected chi connectivity index (χ2v) is 7.50. The zero-order chi connectivity index (χ0) is 24.1. The highest BCUT2D eigenvalue weighted by Gasteiger charge is 2.21. The monoisotopic (exact) mass is 457 g/mol. The van der Waals surface area contributed by atoms with Gasteiger partial charge in [0.15, 0.2) is 5.75 Å². The molecule has 33 heavy (non-hydrogen) atoms. The van der Waals surface area contributed by atoms with Crippen LogP contribution in [0.2, 0.25) is 0 Å². The van der Waals surface area contributed by atoms with Gasteiger partial charge in [0.05, 0.1) is 19.1 Å². The fourth-order valence-corrected chi connectivity index (χ4v) is 3.36. The van der Waals surface area contributed by atoms with Crippen LogP contribution in [-0.4, -0.2) is 44.0 Å². The second-order valence-electron chi connectivity index (χ2n) is 7.50. The van der Waals surface area contributed by atoms with Gasteiger partial charge in [0.2, 0.25) is 17.6 Å². The van der Waals surface area contributed by atoms with Crippen molar-refractivity contribution in [2.24, 2.45) is 0 Å². The van der Waals surface area contributed by atoms with E-state index in [4.69, 9.17) is 9.47 Å². The topological polar surface area (TPSA) is 120 Å². The Morgan fingerprint density at radius 2 is 1.45 bits per heavy atom. The Balaban J connectivity index is 1.64. The van der Waals surface area contributed by atoms with Crippen molar-refractivity contribution in [2.45, 2.75) is 38.5 Å². The van der Waals surface area contributed by atoms with Crippen LogP contribution in [0, 0.1) is 10.1 Å². The van der Waals surface area contributed by atoms with E-state index in [0.29, 0.717) is 50.8 Å². The molecule has 0 aromatic heterocycles. The van der Waals surface area contributed by atoms with E-state index in [0.717, 1.165) is 6.42 Å². The smallest absolute Gasteiger partial charge is 0.315 e. The van der Waals surface area contributed by atoms with Crippen molar-refractivity contribution in [1.29, 1.82) is 0 Å². The van der Waals surface area contributed by atoms with E-state index in [9.17, 15) is 19.7 Å². The molecule has 9 heteroatoms. The van der Waals surface area contributed by atoms with Gasteiger partial charge in [-0.05, 0) is 42.9 Å². The van der Waals surface area contributed by atoms with Crippen LogP contribution in [0.3, 0.4) is 0 Å². The Labute approximate surface area is 193 Å². The molecule has 0 aliphatic carbocycles. The number of nitro benzene ring substituents is 1. The van der Waals surface area contributed by atoms with Gasteiger partial charge < -0.3 is 20.1 Å². The van der Waals surface area contributed by atoms with E-state index in [1.807, 2.05) is 30.3 Å². The number of carbonyl (C=O) groups is 2. The number of nitro groups is 1. The van der Waals surface area contributed by atoms with Gasteiger partial charge in [-0.2, -0.15) is 0 Å². The maximum absolute atomic E-state index is 12.0. The summed E-state index contributed by atoms with van der Waals surface area (Å²) < 4.78 is 10.3. The number of nitrogens with one attached hydrogen (secondary N) is 2. The predicted molar refractivity (Wildman–Crippen MR) is 125 cm³/mol. The summed E-state index contributed by atoms with van der Waals surface area (Å²) in [6.07, 6.45) is 3.15. The Bertz CT molecular complexity index is 933. The highest BCUT2D eigenvalue weighted by atomic mass is 16.6. The van der Waals surface area contributed by atoms with Gasteiger partial charge in [0.25, 0.3) is 0 Å². The minimum atomic E-state index is -0.527. The van der Waals surface area contributed by atoms with Crippen molar-refractivity contribution >= 4 is 17.5 Å². The average Bonchev–Trinajstić information content (AvgIpc) is 2.81. The summed E-state index contributed by atoms with van der Waals surface area (Å²) in [4.78, 5) is 34.7. The zero-order valence-electron chi connectivity index (χ0n) is 19.1. The van der Waals surface area contributed by atoms with Crippen LogP contribution in [0.1, 0.15) is 36.8 Å². The first-order valence-corrected chi connectivity index (χ1v) is 10.9. The normalized spacial score (nSPS) is 10.4. The summed E-state index contributed by atoms with van der Waals surface area (Å²) in [7, 11) is 2.76. The van der Waals surface area contributed by atoms with E-state index >= 15 is 0 Å². The van der Waals surface area contributed by atoms with Gasteiger partial charge in [-0.15, -0.1) is 0 Å². The summed E-state index contributed by atoms with van der Waals surface area (Å²) in [6.45, 7) is 0.934. The van der Waals surface area contributed by atoms with Crippen LogP contribution < -0.4 is 20.1 Å². The highest BCUT2D eigenvalue weighted by molar-refractivity contribution is 5.77. The van der Waals surface area contributed by atoms with Crippen molar-refractivity contribution in [3.05, 3.63) is 63.7 Å². The fraction of sp³-hybridized carbons (Fsp3) is 0.417. The number of nitrogens with zero attached hydrogens (tertiary/aromatic N) is 1. The number of hydrogen-bond acceptors (Lipinski definition) is 6. The van der Waals surface area contributed by atoms with Crippen molar-refractivity contribution in [3.63, 3.8) is 0 Å². The maximum atomic E-state index is 12.0. The molecule has 0 saturated carbocycles. The lowest BCUT2D eigenvalue weighted by Crippen LogP contribution is -2.26. The van der Waals surface area contributed by atoms with E-state index in [1.165, 1.54) is 25.8 Å². The average molecular weight is 458 g/mol. The van der Waals surface area contributed by atoms with E-state index in [2.05, 4.69) is 10.6 Å². The lowest BCUT2D eigenvalue weighted by atomic mass is 10.1. The van der Waals surface area contributed by atoms with Gasteiger partial charge in [-0.25, -0.2) is 0 Å². The van der Waals surface area contributed by atoms with Crippen LogP contribution in [0.5, 0.6) is 11.5 Å². The number of carbonyl (C=O) groups excluding carboxylic acids is 2. The van der Waals surface area contributed by atoms with Crippen LogP contribution in [-0.2, 0) is 22.4 Å². The SMILES string of the molecule is COc1cc(CCNC(=O)CCCCC(=O)NCCc2ccccc2)cc([N+](=O)[O-])c1OC. The quantitative estimate of drug-likeness (QED) is 0.255. The number of ether oxygens (including phenoxy) is 2. The summed E-state index contributed by atoms with van der Waals surface area (Å²) in [5.74, 6) is 0.213. The van der Waals surface area contributed by atoms with Crippen molar-refractivity contribution in [2.75, 3.05) is 27.3 Å². The molecule has 0 bridgehead atoms. The molecule has 0 atom stereocenters. The Hall–Kier alpha value is -3.62. The lowest BCUT2D eigenvalue weighted by Gasteiger charge is -2.11.